The predicted octanol–water partition coefficient (Wildman–Crippen LogP) is 2.51. The lowest BCUT2D eigenvalue weighted by Crippen LogP contribution is -2.20. The molecular formula is C12H25NO2. The Labute approximate surface area is 93.3 Å². The smallest absolute Gasteiger partial charge is 0.303 e. The van der Waals surface area contributed by atoms with E-state index < -0.39 is 5.97 Å². The Kier molecular flexibility index (Phi) is 8.38. The third-order valence-corrected chi connectivity index (χ3v) is 2.56. The van der Waals surface area contributed by atoms with Crippen LogP contribution in [0.2, 0.25) is 0 Å². The highest BCUT2D eigenvalue weighted by molar-refractivity contribution is 5.66. The third kappa shape index (κ3) is 11.4. The van der Waals surface area contributed by atoms with Crippen LogP contribution in [0, 0.1) is 11.8 Å². The van der Waals surface area contributed by atoms with Gasteiger partial charge in [-0.25, -0.2) is 0 Å². The van der Waals surface area contributed by atoms with E-state index >= 15 is 0 Å². The number of carbonyl (C=O) groups is 1. The minimum atomic E-state index is -0.686. The lowest BCUT2D eigenvalue weighted by molar-refractivity contribution is -0.137. The van der Waals surface area contributed by atoms with Gasteiger partial charge in [0.25, 0.3) is 0 Å². The Bertz CT molecular complexity index is 169. The van der Waals surface area contributed by atoms with Crippen LogP contribution in [0.3, 0.4) is 0 Å². The van der Waals surface area contributed by atoms with Crippen LogP contribution in [0.4, 0.5) is 0 Å². The molecule has 0 aliphatic heterocycles. The molecule has 0 saturated carbocycles. The molecule has 0 fully saturated rings. The van der Waals surface area contributed by atoms with Crippen molar-refractivity contribution in [3.8, 4) is 0 Å². The van der Waals surface area contributed by atoms with E-state index in [1.54, 1.807) is 0 Å². The summed E-state index contributed by atoms with van der Waals surface area (Å²) >= 11 is 0. The second-order valence-electron chi connectivity index (χ2n) is 4.76. The molecule has 0 heterocycles. The molecule has 0 rings (SSSR count). The zero-order chi connectivity index (χ0) is 11.7. The minimum Gasteiger partial charge on any atom is -0.481 e. The molecule has 3 heteroatoms. The van der Waals surface area contributed by atoms with E-state index in [2.05, 4.69) is 26.1 Å². The maximum Gasteiger partial charge on any atom is 0.303 e. The molecule has 1 atom stereocenters. The number of carboxylic acids is 1. The van der Waals surface area contributed by atoms with E-state index in [0.29, 0.717) is 12.3 Å². The van der Waals surface area contributed by atoms with Crippen molar-refractivity contribution < 1.29 is 9.90 Å². The summed E-state index contributed by atoms with van der Waals surface area (Å²) in [4.78, 5) is 10.3. The van der Waals surface area contributed by atoms with Crippen LogP contribution in [0.1, 0.15) is 46.5 Å². The Morgan fingerprint density at radius 3 is 2.27 bits per heavy atom. The van der Waals surface area contributed by atoms with Gasteiger partial charge in [0.05, 0.1) is 0 Å². The van der Waals surface area contributed by atoms with Crippen LogP contribution in [-0.2, 0) is 4.79 Å². The minimum absolute atomic E-state index is 0.299. The standard InChI is InChI=1S/C12H25NO2/c1-10(2)6-8-13-9-7-11(3)4-5-12(14)15/h10-11,13H,4-9H2,1-3H3,(H,14,15). The molecule has 15 heavy (non-hydrogen) atoms. The fourth-order valence-corrected chi connectivity index (χ4v) is 1.38. The number of hydrogen-bond acceptors (Lipinski definition) is 2. The van der Waals surface area contributed by atoms with Crippen molar-refractivity contribution in [1.29, 1.82) is 0 Å². The van der Waals surface area contributed by atoms with Crippen molar-refractivity contribution in [1.82, 2.24) is 5.32 Å². The van der Waals surface area contributed by atoms with Gasteiger partial charge in [-0.05, 0) is 44.2 Å². The largest absolute Gasteiger partial charge is 0.481 e. The highest BCUT2D eigenvalue weighted by Crippen LogP contribution is 2.09. The Morgan fingerprint density at radius 1 is 1.13 bits per heavy atom. The van der Waals surface area contributed by atoms with Crippen molar-refractivity contribution >= 4 is 5.97 Å². The molecule has 0 aromatic rings. The molecule has 0 saturated heterocycles. The van der Waals surface area contributed by atoms with Crippen LogP contribution in [-0.4, -0.2) is 24.2 Å². The van der Waals surface area contributed by atoms with Crippen molar-refractivity contribution in [2.45, 2.75) is 46.5 Å². The van der Waals surface area contributed by atoms with E-state index in [1.807, 2.05) is 0 Å². The number of nitrogens with one attached hydrogen (secondary N) is 1. The SMILES string of the molecule is CC(C)CCNCCC(C)CCC(=O)O. The van der Waals surface area contributed by atoms with Crippen LogP contribution in [0.25, 0.3) is 0 Å². The van der Waals surface area contributed by atoms with Gasteiger partial charge >= 0.3 is 5.97 Å². The van der Waals surface area contributed by atoms with Crippen molar-refractivity contribution in [2.24, 2.45) is 11.8 Å². The maximum absolute atomic E-state index is 10.3. The van der Waals surface area contributed by atoms with Gasteiger partial charge in [-0.3, -0.25) is 4.79 Å². The molecule has 0 radical (unpaired) electrons. The van der Waals surface area contributed by atoms with E-state index in [0.717, 1.165) is 31.8 Å². The van der Waals surface area contributed by atoms with Gasteiger partial charge in [-0.2, -0.15) is 0 Å². The number of hydrogen-bond donors (Lipinski definition) is 2. The van der Waals surface area contributed by atoms with E-state index in [9.17, 15) is 4.79 Å². The van der Waals surface area contributed by atoms with Gasteiger partial charge in [0.15, 0.2) is 0 Å². The van der Waals surface area contributed by atoms with Crippen LogP contribution >= 0.6 is 0 Å². The predicted molar refractivity (Wildman–Crippen MR) is 63.0 cm³/mol. The lowest BCUT2D eigenvalue weighted by atomic mass is 10.0. The number of carboxylic acid groups (broad SMARTS) is 1. The molecule has 1 unspecified atom stereocenters. The van der Waals surface area contributed by atoms with E-state index in [1.165, 1.54) is 6.42 Å². The van der Waals surface area contributed by atoms with Crippen molar-refractivity contribution in [2.75, 3.05) is 13.1 Å². The molecule has 0 aromatic heterocycles. The van der Waals surface area contributed by atoms with Gasteiger partial charge < -0.3 is 10.4 Å². The molecule has 0 spiro atoms. The average molecular weight is 215 g/mol. The number of aliphatic carboxylic acids is 1. The van der Waals surface area contributed by atoms with Gasteiger partial charge in [0, 0.05) is 6.42 Å². The lowest BCUT2D eigenvalue weighted by Gasteiger charge is -2.11. The van der Waals surface area contributed by atoms with Crippen LogP contribution in [0.5, 0.6) is 0 Å². The molecule has 2 N–H and O–H groups in total. The molecule has 3 nitrogen and oxygen atoms in total. The highest BCUT2D eigenvalue weighted by Gasteiger charge is 2.04. The molecule has 0 aromatic carbocycles. The summed E-state index contributed by atoms with van der Waals surface area (Å²) in [5, 5.41) is 11.9. The van der Waals surface area contributed by atoms with Gasteiger partial charge in [-0.1, -0.05) is 20.8 Å². The van der Waals surface area contributed by atoms with Crippen molar-refractivity contribution in [3.63, 3.8) is 0 Å². The first kappa shape index (κ1) is 14.4. The van der Waals surface area contributed by atoms with Crippen LogP contribution in [0.15, 0.2) is 0 Å². The zero-order valence-electron chi connectivity index (χ0n) is 10.3. The molecule has 0 bridgehead atoms. The first-order valence-corrected chi connectivity index (χ1v) is 5.95. The number of rotatable bonds is 9. The monoisotopic (exact) mass is 215 g/mol. The Hall–Kier alpha value is -0.570. The average Bonchev–Trinajstić information content (AvgIpc) is 2.13. The maximum atomic E-state index is 10.3. The fraction of sp³-hybridized carbons (Fsp3) is 0.917. The second kappa shape index (κ2) is 8.72. The topological polar surface area (TPSA) is 49.3 Å². The van der Waals surface area contributed by atoms with Crippen molar-refractivity contribution in [3.05, 3.63) is 0 Å². The van der Waals surface area contributed by atoms with Crippen LogP contribution < -0.4 is 5.32 Å². The molecule has 0 aliphatic carbocycles. The van der Waals surface area contributed by atoms with Gasteiger partial charge in [-0.15, -0.1) is 0 Å². The highest BCUT2D eigenvalue weighted by atomic mass is 16.4. The molecule has 0 amide bonds. The summed E-state index contributed by atoms with van der Waals surface area (Å²) in [5.41, 5.74) is 0. The molecular weight excluding hydrogens is 190 g/mol. The Balaban J connectivity index is 3.23. The zero-order valence-corrected chi connectivity index (χ0v) is 10.3. The quantitative estimate of drug-likeness (QED) is 0.581. The first-order chi connectivity index (χ1) is 7.02. The summed E-state index contributed by atoms with van der Waals surface area (Å²) in [6.07, 6.45) is 3.38. The first-order valence-electron chi connectivity index (χ1n) is 5.95. The van der Waals surface area contributed by atoms with E-state index in [4.69, 9.17) is 5.11 Å². The second-order valence-corrected chi connectivity index (χ2v) is 4.76. The fourth-order valence-electron chi connectivity index (χ4n) is 1.38. The van der Waals surface area contributed by atoms with Gasteiger partial charge in [0.1, 0.15) is 0 Å². The summed E-state index contributed by atoms with van der Waals surface area (Å²) in [6, 6.07) is 0. The summed E-state index contributed by atoms with van der Waals surface area (Å²) < 4.78 is 0. The molecule has 0 aliphatic rings. The third-order valence-electron chi connectivity index (χ3n) is 2.56. The Morgan fingerprint density at radius 2 is 1.73 bits per heavy atom. The summed E-state index contributed by atoms with van der Waals surface area (Å²) in [5.74, 6) is 0.573. The summed E-state index contributed by atoms with van der Waals surface area (Å²) in [7, 11) is 0. The van der Waals surface area contributed by atoms with Gasteiger partial charge in [0.2, 0.25) is 0 Å². The molecule has 90 valence electrons. The normalized spacial score (nSPS) is 13.1. The van der Waals surface area contributed by atoms with E-state index in [-0.39, 0.29) is 0 Å². The summed E-state index contributed by atoms with van der Waals surface area (Å²) in [6.45, 7) is 8.64.